The van der Waals surface area contributed by atoms with Crippen molar-refractivity contribution < 1.29 is 0 Å². The Kier molecular flexibility index (Phi) is 3.18. The van der Waals surface area contributed by atoms with Gasteiger partial charge in [-0.1, -0.05) is 0 Å². The third kappa shape index (κ3) is 2.25. The van der Waals surface area contributed by atoms with Gasteiger partial charge in [0.25, 0.3) is 0 Å². The zero-order valence-corrected chi connectivity index (χ0v) is 13.7. The minimum atomic E-state index is 0.389. The number of hydrogen-bond donors (Lipinski definition) is 1. The van der Waals surface area contributed by atoms with E-state index in [1.54, 1.807) is 0 Å². The number of hydrogen-bond acceptors (Lipinski definition) is 2. The van der Waals surface area contributed by atoms with Gasteiger partial charge in [-0.05, 0) is 81.6 Å². The molecule has 0 radical (unpaired) electrons. The molecule has 1 aromatic rings. The van der Waals surface area contributed by atoms with Gasteiger partial charge in [0.15, 0.2) is 0 Å². The predicted molar refractivity (Wildman–Crippen MR) is 84.8 cm³/mol. The highest BCUT2D eigenvalue weighted by atomic mass is 15.3. The number of aryl methyl sites for hydroxylation is 1. The fraction of sp³-hybridized carbons (Fsp3) is 0.833. The van der Waals surface area contributed by atoms with Gasteiger partial charge in [-0.15, -0.1) is 0 Å². The van der Waals surface area contributed by atoms with E-state index < -0.39 is 0 Å². The zero-order chi connectivity index (χ0) is 14.6. The van der Waals surface area contributed by atoms with Crippen molar-refractivity contribution in [2.45, 2.75) is 64.5 Å². The Balaban J connectivity index is 1.50. The molecule has 2 unspecified atom stereocenters. The first-order chi connectivity index (χ1) is 10.1. The molecule has 4 fully saturated rings. The Morgan fingerprint density at radius 2 is 1.71 bits per heavy atom. The molecule has 3 nitrogen and oxygen atoms in total. The van der Waals surface area contributed by atoms with Crippen molar-refractivity contribution in [1.82, 2.24) is 15.1 Å². The van der Waals surface area contributed by atoms with E-state index in [1.807, 2.05) is 17.9 Å². The first-order valence-corrected chi connectivity index (χ1v) is 8.80. The molecular weight excluding hydrogens is 258 g/mol. The average molecular weight is 287 g/mol. The van der Waals surface area contributed by atoms with E-state index in [1.165, 1.54) is 44.2 Å². The topological polar surface area (TPSA) is 29.9 Å². The Bertz CT molecular complexity index is 483. The molecule has 5 rings (SSSR count). The van der Waals surface area contributed by atoms with Crippen molar-refractivity contribution >= 4 is 0 Å². The standard InChI is InChI=1S/C18H29N3/c1-12(17-4-5-19-21(17)3)20-13(2)18-9-14-6-15(10-18)8-16(7-14)11-18/h4-5,12-16,20H,6-11H2,1-3H3. The lowest BCUT2D eigenvalue weighted by Gasteiger charge is -2.59. The first-order valence-electron chi connectivity index (χ1n) is 8.80. The van der Waals surface area contributed by atoms with Crippen LogP contribution in [0.4, 0.5) is 0 Å². The highest BCUT2D eigenvalue weighted by Gasteiger charge is 2.53. The van der Waals surface area contributed by atoms with Crippen molar-refractivity contribution in [1.29, 1.82) is 0 Å². The largest absolute Gasteiger partial charge is 0.306 e. The molecule has 3 heteroatoms. The van der Waals surface area contributed by atoms with E-state index in [-0.39, 0.29) is 0 Å². The van der Waals surface area contributed by atoms with Gasteiger partial charge in [-0.3, -0.25) is 4.68 Å². The second kappa shape index (κ2) is 4.84. The summed E-state index contributed by atoms with van der Waals surface area (Å²) in [7, 11) is 2.04. The molecule has 1 heterocycles. The molecule has 1 N–H and O–H groups in total. The maximum absolute atomic E-state index is 4.31. The third-order valence-electron chi connectivity index (χ3n) is 6.81. The molecule has 4 aliphatic carbocycles. The van der Waals surface area contributed by atoms with Crippen LogP contribution in [0.1, 0.15) is 64.1 Å². The van der Waals surface area contributed by atoms with E-state index in [4.69, 9.17) is 0 Å². The number of aromatic nitrogens is 2. The lowest BCUT2D eigenvalue weighted by molar-refractivity contribution is -0.0720. The van der Waals surface area contributed by atoms with Crippen molar-refractivity contribution in [2.24, 2.45) is 30.2 Å². The van der Waals surface area contributed by atoms with Crippen LogP contribution in [0.15, 0.2) is 12.3 Å². The van der Waals surface area contributed by atoms with Gasteiger partial charge in [0.1, 0.15) is 0 Å². The van der Waals surface area contributed by atoms with Gasteiger partial charge in [0, 0.05) is 25.3 Å². The number of nitrogens with one attached hydrogen (secondary N) is 1. The zero-order valence-electron chi connectivity index (χ0n) is 13.7. The summed E-state index contributed by atoms with van der Waals surface area (Å²) < 4.78 is 2.00. The normalized spacial score (nSPS) is 40.4. The predicted octanol–water partition coefficient (Wildman–Crippen LogP) is 3.68. The fourth-order valence-corrected chi connectivity index (χ4v) is 6.15. The molecule has 0 aliphatic heterocycles. The van der Waals surface area contributed by atoms with Crippen LogP contribution in [0, 0.1) is 23.2 Å². The van der Waals surface area contributed by atoms with E-state index >= 15 is 0 Å². The average Bonchev–Trinajstić information content (AvgIpc) is 2.83. The van der Waals surface area contributed by atoms with Crippen LogP contribution < -0.4 is 5.32 Å². The third-order valence-corrected chi connectivity index (χ3v) is 6.81. The van der Waals surface area contributed by atoms with Gasteiger partial charge < -0.3 is 5.32 Å². The summed E-state index contributed by atoms with van der Waals surface area (Å²) in [6, 6.07) is 3.15. The van der Waals surface area contributed by atoms with Gasteiger partial charge in [-0.2, -0.15) is 5.10 Å². The summed E-state index contributed by atoms with van der Waals surface area (Å²) in [5, 5.41) is 8.23. The minimum absolute atomic E-state index is 0.389. The van der Waals surface area contributed by atoms with E-state index in [9.17, 15) is 0 Å². The summed E-state index contributed by atoms with van der Waals surface area (Å²) in [6.07, 6.45) is 10.9. The van der Waals surface area contributed by atoms with Gasteiger partial charge in [-0.25, -0.2) is 0 Å². The summed E-state index contributed by atoms with van der Waals surface area (Å²) in [6.45, 7) is 4.73. The van der Waals surface area contributed by atoms with Crippen LogP contribution in [-0.4, -0.2) is 15.8 Å². The van der Waals surface area contributed by atoms with Crippen LogP contribution >= 0.6 is 0 Å². The number of nitrogens with zero attached hydrogens (tertiary/aromatic N) is 2. The van der Waals surface area contributed by atoms with Crippen LogP contribution in [0.3, 0.4) is 0 Å². The Labute approximate surface area is 128 Å². The lowest BCUT2D eigenvalue weighted by atomic mass is 9.48. The van der Waals surface area contributed by atoms with Gasteiger partial charge in [0.05, 0.1) is 5.69 Å². The maximum atomic E-state index is 4.31. The molecule has 0 amide bonds. The van der Waals surface area contributed by atoms with Crippen molar-refractivity contribution in [3.8, 4) is 0 Å². The van der Waals surface area contributed by atoms with Gasteiger partial charge in [0.2, 0.25) is 0 Å². The van der Waals surface area contributed by atoms with Crippen molar-refractivity contribution in [2.75, 3.05) is 0 Å². The van der Waals surface area contributed by atoms with E-state index in [0.29, 0.717) is 17.5 Å². The molecular formula is C18H29N3. The summed E-state index contributed by atoms with van der Waals surface area (Å²) in [5.74, 6) is 3.10. The molecule has 4 aliphatic rings. The number of rotatable bonds is 4. The quantitative estimate of drug-likeness (QED) is 0.915. The Morgan fingerprint density at radius 1 is 1.14 bits per heavy atom. The van der Waals surface area contributed by atoms with Crippen LogP contribution in [0.25, 0.3) is 0 Å². The van der Waals surface area contributed by atoms with Crippen LogP contribution in [-0.2, 0) is 7.05 Å². The van der Waals surface area contributed by atoms with E-state index in [0.717, 1.165) is 17.8 Å². The fourth-order valence-electron chi connectivity index (χ4n) is 6.15. The summed E-state index contributed by atoms with van der Waals surface area (Å²) in [5.41, 5.74) is 1.88. The molecule has 0 aromatic carbocycles. The molecule has 2 atom stereocenters. The SMILES string of the molecule is CC(NC(C)C12CC3CC(CC(C3)C1)C2)c1ccnn1C. The second-order valence-electron chi connectivity index (χ2n) is 8.27. The summed E-state index contributed by atoms with van der Waals surface area (Å²) >= 11 is 0. The van der Waals surface area contributed by atoms with Crippen molar-refractivity contribution in [3.63, 3.8) is 0 Å². The molecule has 4 bridgehead atoms. The smallest absolute Gasteiger partial charge is 0.0547 e. The highest BCUT2D eigenvalue weighted by molar-refractivity contribution is 5.09. The molecule has 0 saturated heterocycles. The van der Waals surface area contributed by atoms with Crippen LogP contribution in [0.5, 0.6) is 0 Å². The maximum Gasteiger partial charge on any atom is 0.0547 e. The lowest BCUT2D eigenvalue weighted by Crippen LogP contribution is -2.55. The highest BCUT2D eigenvalue weighted by Crippen LogP contribution is 2.61. The molecule has 1 aromatic heterocycles. The Morgan fingerprint density at radius 3 is 2.19 bits per heavy atom. The molecule has 4 saturated carbocycles. The molecule has 0 spiro atoms. The van der Waals surface area contributed by atoms with Crippen molar-refractivity contribution in [3.05, 3.63) is 18.0 Å². The first kappa shape index (κ1) is 13.8. The minimum Gasteiger partial charge on any atom is -0.306 e. The monoisotopic (exact) mass is 287 g/mol. The second-order valence-corrected chi connectivity index (χ2v) is 8.27. The Hall–Kier alpha value is -0.830. The van der Waals surface area contributed by atoms with Gasteiger partial charge >= 0.3 is 0 Å². The molecule has 116 valence electrons. The van der Waals surface area contributed by atoms with E-state index in [2.05, 4.69) is 30.3 Å². The summed E-state index contributed by atoms with van der Waals surface area (Å²) in [4.78, 5) is 0. The van der Waals surface area contributed by atoms with Crippen LogP contribution in [0.2, 0.25) is 0 Å². The molecule has 21 heavy (non-hydrogen) atoms.